The van der Waals surface area contributed by atoms with E-state index in [1.165, 1.54) is 38.2 Å². The van der Waals surface area contributed by atoms with E-state index in [0.29, 0.717) is 0 Å². The minimum Gasteiger partial charge on any atom is -0.496 e. The maximum atomic E-state index is 6.81. The van der Waals surface area contributed by atoms with Crippen molar-refractivity contribution in [1.82, 2.24) is 0 Å². The van der Waals surface area contributed by atoms with Crippen molar-refractivity contribution in [3.8, 4) is 28.4 Å². The highest BCUT2D eigenvalue weighted by Gasteiger charge is 2.33. The van der Waals surface area contributed by atoms with Gasteiger partial charge >= 0.3 is 0 Å². The molecule has 0 saturated carbocycles. The summed E-state index contributed by atoms with van der Waals surface area (Å²) >= 11 is 0. The topological polar surface area (TPSA) is 27.7 Å². The summed E-state index contributed by atoms with van der Waals surface area (Å²) in [6.45, 7) is 32.1. The molecule has 0 spiro atoms. The van der Waals surface area contributed by atoms with Crippen LogP contribution in [0.25, 0.3) is 11.1 Å². The van der Waals surface area contributed by atoms with Crippen LogP contribution in [0.15, 0.2) is 72.8 Å². The maximum Gasteiger partial charge on any atom is 0.132 e. The van der Waals surface area contributed by atoms with Crippen LogP contribution in [-0.4, -0.2) is 19.3 Å². The predicted octanol–water partition coefficient (Wildman–Crippen LogP) is 10.9. The van der Waals surface area contributed by atoms with Gasteiger partial charge in [0.15, 0.2) is 0 Å². The number of methoxy groups -OCH3 is 1. The molecule has 4 heteroatoms. The molecule has 0 N–H and O–H groups in total. The molecule has 4 aromatic carbocycles. The SMILES string of the molecule is COc1cccc2c1-c1c(cccc1P(c1cc(C(C)(C)C)cc(C(C)(C)C)c1)c1cc(C(C)(C)C)cc(C(C)(C)C)c1)O[C@H](C)[C@@H](C)O2. The molecule has 1 aliphatic rings. The summed E-state index contributed by atoms with van der Waals surface area (Å²) in [6, 6.07) is 27.5. The third-order valence-electron chi connectivity index (χ3n) is 9.81. The molecule has 0 saturated heterocycles. The molecule has 2 atom stereocenters. The second kappa shape index (κ2) is 13.1. The van der Waals surface area contributed by atoms with Gasteiger partial charge in [0.05, 0.1) is 12.7 Å². The summed E-state index contributed by atoms with van der Waals surface area (Å²) in [7, 11) is 0.654. The molecule has 1 aliphatic heterocycles. The van der Waals surface area contributed by atoms with Crippen LogP contribution >= 0.6 is 7.92 Å². The Morgan fingerprint density at radius 1 is 0.510 bits per heavy atom. The number of hydrogen-bond acceptors (Lipinski definition) is 3. The first-order chi connectivity index (χ1) is 22.6. The molecule has 5 rings (SSSR count). The Balaban J connectivity index is 1.99. The number of rotatable bonds is 4. The first-order valence-electron chi connectivity index (χ1n) is 17.9. The first kappa shape index (κ1) is 37.0. The summed E-state index contributed by atoms with van der Waals surface area (Å²) in [5.74, 6) is 2.47. The van der Waals surface area contributed by atoms with Gasteiger partial charge in [-0.05, 0) is 99.8 Å². The van der Waals surface area contributed by atoms with Gasteiger partial charge in [0.25, 0.3) is 0 Å². The van der Waals surface area contributed by atoms with Gasteiger partial charge in [0.2, 0.25) is 0 Å². The minimum absolute atomic E-state index is 0.0231. The molecule has 0 aliphatic carbocycles. The van der Waals surface area contributed by atoms with Gasteiger partial charge in [0.1, 0.15) is 29.5 Å². The van der Waals surface area contributed by atoms with Crippen molar-refractivity contribution in [3.63, 3.8) is 0 Å². The Morgan fingerprint density at radius 2 is 0.878 bits per heavy atom. The summed E-state index contributed by atoms with van der Waals surface area (Å²) in [6.07, 6.45) is -0.284. The Kier molecular flexibility index (Phi) is 9.90. The molecular weight excluding hydrogens is 619 g/mol. The van der Waals surface area contributed by atoms with Crippen LogP contribution in [0.4, 0.5) is 0 Å². The highest BCUT2D eigenvalue weighted by molar-refractivity contribution is 7.80. The van der Waals surface area contributed by atoms with E-state index in [2.05, 4.69) is 158 Å². The molecule has 0 radical (unpaired) electrons. The zero-order valence-electron chi connectivity index (χ0n) is 32.8. The summed E-state index contributed by atoms with van der Waals surface area (Å²) in [4.78, 5) is 0. The van der Waals surface area contributed by atoms with Crippen LogP contribution in [0, 0.1) is 0 Å². The lowest BCUT2D eigenvalue weighted by Crippen LogP contribution is -2.34. The van der Waals surface area contributed by atoms with E-state index >= 15 is 0 Å². The highest BCUT2D eigenvalue weighted by Crippen LogP contribution is 2.49. The molecule has 3 nitrogen and oxygen atoms in total. The fourth-order valence-corrected chi connectivity index (χ4v) is 8.92. The van der Waals surface area contributed by atoms with Crippen LogP contribution in [0.5, 0.6) is 17.2 Å². The van der Waals surface area contributed by atoms with Gasteiger partial charge in [-0.15, -0.1) is 0 Å². The standard InChI is InChI=1S/C45H59O3P/c1-28-29(2)48-38-20-17-21-39(41(38)40-36(46-15)18-16-19-37(40)47-28)49(34-24-30(42(3,4)5)22-31(25-34)43(6,7)8)35-26-32(44(9,10)11)23-33(27-35)45(12,13)14/h16-29H,1-15H3/t28-,29-/m1/s1. The van der Waals surface area contributed by atoms with Crippen molar-refractivity contribution >= 4 is 23.8 Å². The lowest BCUT2D eigenvalue weighted by atomic mass is 9.81. The average Bonchev–Trinajstić information content (AvgIpc) is 2.99. The Bertz CT molecular complexity index is 1680. The van der Waals surface area contributed by atoms with Gasteiger partial charge in [-0.3, -0.25) is 0 Å². The number of fused-ring (bicyclic) bond motifs is 3. The van der Waals surface area contributed by atoms with Gasteiger partial charge in [0, 0.05) is 5.56 Å². The molecule has 0 amide bonds. The van der Waals surface area contributed by atoms with E-state index in [4.69, 9.17) is 14.2 Å². The molecule has 1 heterocycles. The molecule has 49 heavy (non-hydrogen) atoms. The van der Waals surface area contributed by atoms with Crippen LogP contribution in [0.2, 0.25) is 0 Å². The highest BCUT2D eigenvalue weighted by atomic mass is 31.1. The number of benzene rings is 4. The maximum absolute atomic E-state index is 6.81. The zero-order chi connectivity index (χ0) is 36.3. The second-order valence-corrected chi connectivity index (χ2v) is 20.2. The smallest absolute Gasteiger partial charge is 0.132 e. The van der Waals surface area contributed by atoms with Crippen LogP contribution < -0.4 is 30.1 Å². The van der Waals surface area contributed by atoms with Crippen molar-refractivity contribution in [2.45, 2.75) is 131 Å². The Morgan fingerprint density at radius 3 is 1.24 bits per heavy atom. The molecule has 0 fully saturated rings. The molecular formula is C45H59O3P. The van der Waals surface area contributed by atoms with Crippen LogP contribution in [-0.2, 0) is 21.7 Å². The summed E-state index contributed by atoms with van der Waals surface area (Å²) in [5, 5.41) is 3.92. The van der Waals surface area contributed by atoms with Crippen LogP contribution in [0.3, 0.4) is 0 Å². The van der Waals surface area contributed by atoms with Crippen molar-refractivity contribution in [1.29, 1.82) is 0 Å². The summed E-state index contributed by atoms with van der Waals surface area (Å²) in [5.41, 5.74) is 7.32. The van der Waals surface area contributed by atoms with E-state index in [1.54, 1.807) is 7.11 Å². The predicted molar refractivity (Wildman–Crippen MR) is 212 cm³/mol. The largest absolute Gasteiger partial charge is 0.496 e. The quantitative estimate of drug-likeness (QED) is 0.201. The van der Waals surface area contributed by atoms with Crippen molar-refractivity contribution in [2.75, 3.05) is 7.11 Å². The minimum atomic E-state index is -1.09. The lowest BCUT2D eigenvalue weighted by molar-refractivity contribution is 0.0760. The summed E-state index contributed by atoms with van der Waals surface area (Å²) < 4.78 is 19.6. The van der Waals surface area contributed by atoms with Gasteiger partial charge < -0.3 is 14.2 Å². The third kappa shape index (κ3) is 7.73. The fourth-order valence-electron chi connectivity index (χ4n) is 6.31. The third-order valence-corrected chi connectivity index (χ3v) is 12.2. The molecule has 0 unspecified atom stereocenters. The van der Waals surface area contributed by atoms with E-state index < -0.39 is 7.92 Å². The second-order valence-electron chi connectivity index (χ2n) is 18.0. The van der Waals surface area contributed by atoms with E-state index in [-0.39, 0.29) is 33.9 Å². The fraction of sp³-hybridized carbons (Fsp3) is 0.467. The van der Waals surface area contributed by atoms with Crippen molar-refractivity contribution in [3.05, 3.63) is 95.1 Å². The average molecular weight is 679 g/mol. The van der Waals surface area contributed by atoms with Crippen molar-refractivity contribution in [2.24, 2.45) is 0 Å². The Labute approximate surface area is 298 Å². The van der Waals surface area contributed by atoms with Gasteiger partial charge in [-0.25, -0.2) is 0 Å². The Hall–Kier alpha value is -3.29. The number of hydrogen-bond donors (Lipinski definition) is 0. The van der Waals surface area contributed by atoms with E-state index in [1.807, 2.05) is 12.1 Å². The van der Waals surface area contributed by atoms with Gasteiger partial charge in [-0.1, -0.05) is 138 Å². The zero-order valence-corrected chi connectivity index (χ0v) is 33.6. The monoisotopic (exact) mass is 678 g/mol. The lowest BCUT2D eigenvalue weighted by Gasteiger charge is -2.34. The number of ether oxygens (including phenoxy) is 3. The molecule has 0 bridgehead atoms. The first-order valence-corrected chi connectivity index (χ1v) is 19.2. The van der Waals surface area contributed by atoms with Crippen molar-refractivity contribution < 1.29 is 14.2 Å². The van der Waals surface area contributed by atoms with Crippen LogP contribution in [0.1, 0.15) is 119 Å². The molecule has 262 valence electrons. The molecule has 0 aromatic heterocycles. The van der Waals surface area contributed by atoms with E-state index in [9.17, 15) is 0 Å². The van der Waals surface area contributed by atoms with Gasteiger partial charge in [-0.2, -0.15) is 0 Å². The van der Waals surface area contributed by atoms with E-state index in [0.717, 1.165) is 28.4 Å². The molecule has 4 aromatic rings. The normalized spacial score (nSPS) is 17.0.